The first-order valence-electron chi connectivity index (χ1n) is 9.10. The summed E-state index contributed by atoms with van der Waals surface area (Å²) in [7, 11) is 3.47. The van der Waals surface area contributed by atoms with Crippen LogP contribution in [0.2, 0.25) is 0 Å². The molecule has 0 bridgehead atoms. The van der Waals surface area contributed by atoms with Crippen LogP contribution in [0, 0.1) is 27.7 Å². The number of carbonyl (C=O) groups is 1. The highest BCUT2D eigenvalue weighted by Gasteiger charge is 2.23. The molecule has 1 aromatic carbocycles. The number of amides is 1. The molecule has 0 aliphatic heterocycles. The molecule has 0 saturated carbocycles. The van der Waals surface area contributed by atoms with E-state index in [1.807, 2.05) is 46.8 Å². The fourth-order valence-electron chi connectivity index (χ4n) is 3.20. The van der Waals surface area contributed by atoms with Crippen molar-refractivity contribution < 1.29 is 4.79 Å². The standard InChI is InChI=1S/C21H25N3O2S2/c1-11-8-9-16(12(2)10-11)24-20(26)17-13(3)14(4)27-18(17)22-21(24)28-15(5)19(25)23(6)7/h8-10,15H,1-7H3/t15-/m1/s1. The lowest BCUT2D eigenvalue weighted by atomic mass is 10.1. The molecular weight excluding hydrogens is 390 g/mol. The van der Waals surface area contributed by atoms with Gasteiger partial charge in [-0.1, -0.05) is 29.5 Å². The number of aromatic nitrogens is 2. The Morgan fingerprint density at radius 1 is 1.21 bits per heavy atom. The van der Waals surface area contributed by atoms with Gasteiger partial charge >= 0.3 is 0 Å². The number of benzene rings is 1. The maximum atomic E-state index is 13.5. The summed E-state index contributed by atoms with van der Waals surface area (Å²) in [5.41, 5.74) is 3.84. The molecule has 28 heavy (non-hydrogen) atoms. The number of fused-ring (bicyclic) bond motifs is 1. The van der Waals surface area contributed by atoms with Gasteiger partial charge in [0.25, 0.3) is 5.56 Å². The zero-order valence-electron chi connectivity index (χ0n) is 17.3. The molecule has 0 radical (unpaired) electrons. The van der Waals surface area contributed by atoms with Crippen molar-refractivity contribution >= 4 is 39.2 Å². The number of hydrogen-bond acceptors (Lipinski definition) is 5. The van der Waals surface area contributed by atoms with Crippen LogP contribution in [0.15, 0.2) is 28.2 Å². The summed E-state index contributed by atoms with van der Waals surface area (Å²) in [6.07, 6.45) is 0. The molecule has 1 amide bonds. The van der Waals surface area contributed by atoms with Crippen LogP contribution in [0.1, 0.15) is 28.5 Å². The Labute approximate surface area is 173 Å². The van der Waals surface area contributed by atoms with E-state index >= 15 is 0 Å². The van der Waals surface area contributed by atoms with E-state index in [4.69, 9.17) is 4.98 Å². The number of thiophene rings is 1. The van der Waals surface area contributed by atoms with Crippen LogP contribution in [0.5, 0.6) is 0 Å². The highest BCUT2D eigenvalue weighted by atomic mass is 32.2. The van der Waals surface area contributed by atoms with Crippen LogP contribution in [0.4, 0.5) is 0 Å². The van der Waals surface area contributed by atoms with E-state index in [0.29, 0.717) is 10.5 Å². The van der Waals surface area contributed by atoms with Gasteiger partial charge in [-0.2, -0.15) is 0 Å². The average molecular weight is 416 g/mol. The van der Waals surface area contributed by atoms with Crippen molar-refractivity contribution in [2.24, 2.45) is 0 Å². The first-order chi connectivity index (χ1) is 13.1. The van der Waals surface area contributed by atoms with E-state index in [1.165, 1.54) is 23.1 Å². The van der Waals surface area contributed by atoms with Crippen LogP contribution in [0.3, 0.4) is 0 Å². The topological polar surface area (TPSA) is 55.2 Å². The van der Waals surface area contributed by atoms with Crippen molar-refractivity contribution in [1.29, 1.82) is 0 Å². The molecule has 148 valence electrons. The lowest BCUT2D eigenvalue weighted by Gasteiger charge is -2.19. The third kappa shape index (κ3) is 3.61. The molecule has 0 N–H and O–H groups in total. The van der Waals surface area contributed by atoms with Gasteiger partial charge in [0.2, 0.25) is 5.91 Å². The molecule has 2 aromatic heterocycles. The van der Waals surface area contributed by atoms with E-state index in [0.717, 1.165) is 32.1 Å². The van der Waals surface area contributed by atoms with Gasteiger partial charge in [0.1, 0.15) is 4.83 Å². The fraction of sp³-hybridized carbons (Fsp3) is 0.381. The molecule has 7 heteroatoms. The molecule has 3 aromatic rings. The Bertz CT molecular complexity index is 1130. The zero-order valence-corrected chi connectivity index (χ0v) is 18.9. The lowest BCUT2D eigenvalue weighted by molar-refractivity contribution is -0.127. The Morgan fingerprint density at radius 3 is 2.50 bits per heavy atom. The molecule has 0 unspecified atom stereocenters. The molecule has 0 aliphatic rings. The number of aryl methyl sites for hydroxylation is 4. The number of thioether (sulfide) groups is 1. The normalized spacial score (nSPS) is 12.4. The van der Waals surface area contributed by atoms with Gasteiger partial charge in [0.15, 0.2) is 5.16 Å². The highest BCUT2D eigenvalue weighted by molar-refractivity contribution is 8.00. The highest BCUT2D eigenvalue weighted by Crippen LogP contribution is 2.32. The quantitative estimate of drug-likeness (QED) is 0.472. The largest absolute Gasteiger partial charge is 0.348 e. The van der Waals surface area contributed by atoms with Gasteiger partial charge < -0.3 is 4.90 Å². The van der Waals surface area contributed by atoms with E-state index in [-0.39, 0.29) is 16.7 Å². The molecular formula is C21H25N3O2S2. The summed E-state index contributed by atoms with van der Waals surface area (Å²) >= 11 is 2.85. The van der Waals surface area contributed by atoms with Crippen LogP contribution in [0.25, 0.3) is 15.9 Å². The lowest BCUT2D eigenvalue weighted by Crippen LogP contribution is -2.31. The van der Waals surface area contributed by atoms with Crippen molar-refractivity contribution in [3.8, 4) is 5.69 Å². The van der Waals surface area contributed by atoms with Gasteiger partial charge in [-0.3, -0.25) is 14.2 Å². The van der Waals surface area contributed by atoms with Crippen molar-refractivity contribution in [1.82, 2.24) is 14.5 Å². The van der Waals surface area contributed by atoms with Crippen LogP contribution < -0.4 is 5.56 Å². The maximum Gasteiger partial charge on any atom is 0.267 e. The number of hydrogen-bond donors (Lipinski definition) is 0. The summed E-state index contributed by atoms with van der Waals surface area (Å²) in [6.45, 7) is 9.84. The first kappa shape index (κ1) is 20.6. The maximum absolute atomic E-state index is 13.5. The van der Waals surface area contributed by atoms with Crippen LogP contribution in [-0.4, -0.2) is 39.7 Å². The Kier molecular flexibility index (Phi) is 5.68. The minimum atomic E-state index is -0.349. The summed E-state index contributed by atoms with van der Waals surface area (Å²) in [5, 5.41) is 0.866. The summed E-state index contributed by atoms with van der Waals surface area (Å²) < 4.78 is 1.67. The van der Waals surface area contributed by atoms with E-state index in [1.54, 1.807) is 23.6 Å². The molecule has 5 nitrogen and oxygen atoms in total. The average Bonchev–Trinajstić information content (AvgIpc) is 2.89. The summed E-state index contributed by atoms with van der Waals surface area (Å²) in [4.78, 5) is 34.1. The van der Waals surface area contributed by atoms with Crippen LogP contribution >= 0.6 is 23.1 Å². The molecule has 2 heterocycles. The summed E-state index contributed by atoms with van der Waals surface area (Å²) in [5.74, 6) is -0.00920. The first-order valence-corrected chi connectivity index (χ1v) is 10.8. The van der Waals surface area contributed by atoms with E-state index in [9.17, 15) is 9.59 Å². The Morgan fingerprint density at radius 2 is 1.89 bits per heavy atom. The van der Waals surface area contributed by atoms with Gasteiger partial charge in [0.05, 0.1) is 16.3 Å². The molecule has 3 rings (SSSR count). The predicted molar refractivity (Wildman–Crippen MR) is 118 cm³/mol. The van der Waals surface area contributed by atoms with Gasteiger partial charge in [-0.15, -0.1) is 11.3 Å². The van der Waals surface area contributed by atoms with Gasteiger partial charge in [0, 0.05) is 19.0 Å². The minimum absolute atomic E-state index is 0.00920. The Balaban J connectivity index is 2.29. The molecule has 0 spiro atoms. The van der Waals surface area contributed by atoms with Gasteiger partial charge in [-0.05, 0) is 51.8 Å². The second-order valence-corrected chi connectivity index (χ2v) is 9.79. The minimum Gasteiger partial charge on any atom is -0.348 e. The van der Waals surface area contributed by atoms with Crippen molar-refractivity contribution in [2.75, 3.05) is 14.1 Å². The van der Waals surface area contributed by atoms with E-state index < -0.39 is 0 Å². The second kappa shape index (κ2) is 7.72. The zero-order chi connectivity index (χ0) is 20.7. The van der Waals surface area contributed by atoms with Crippen LogP contribution in [-0.2, 0) is 4.79 Å². The molecule has 1 atom stereocenters. The molecule has 0 fully saturated rings. The fourth-order valence-corrected chi connectivity index (χ4v) is 5.33. The number of carbonyl (C=O) groups excluding carboxylic acids is 1. The molecule has 0 saturated heterocycles. The second-order valence-electron chi connectivity index (χ2n) is 7.28. The van der Waals surface area contributed by atoms with Gasteiger partial charge in [-0.25, -0.2) is 4.98 Å². The monoisotopic (exact) mass is 415 g/mol. The van der Waals surface area contributed by atoms with Crippen molar-refractivity contribution in [3.63, 3.8) is 0 Å². The predicted octanol–water partition coefficient (Wildman–Crippen LogP) is 4.25. The molecule has 0 aliphatic carbocycles. The number of nitrogens with zero attached hydrogens (tertiary/aromatic N) is 3. The Hall–Kier alpha value is -2.12. The van der Waals surface area contributed by atoms with E-state index in [2.05, 4.69) is 6.07 Å². The SMILES string of the molecule is Cc1ccc(-n2c(S[C@H](C)C(=O)N(C)C)nc3sc(C)c(C)c3c2=O)c(C)c1. The van der Waals surface area contributed by atoms with Crippen molar-refractivity contribution in [3.05, 3.63) is 50.1 Å². The third-order valence-electron chi connectivity index (χ3n) is 4.84. The third-order valence-corrected chi connectivity index (χ3v) is 6.98. The number of rotatable bonds is 4. The smallest absolute Gasteiger partial charge is 0.267 e. The van der Waals surface area contributed by atoms with Crippen molar-refractivity contribution in [2.45, 2.75) is 45.0 Å². The summed E-state index contributed by atoms with van der Waals surface area (Å²) in [6, 6.07) is 6.00.